The van der Waals surface area contributed by atoms with Crippen molar-refractivity contribution < 1.29 is 14.3 Å². The molecule has 1 fully saturated rings. The van der Waals surface area contributed by atoms with Gasteiger partial charge in [-0.3, -0.25) is 0 Å². The fourth-order valence-electron chi connectivity index (χ4n) is 2.28. The maximum atomic E-state index is 11.4. The Labute approximate surface area is 134 Å². The van der Waals surface area contributed by atoms with Crippen LogP contribution in [0.25, 0.3) is 5.03 Å². The Morgan fingerprint density at radius 1 is 1.33 bits per heavy atom. The Morgan fingerprint density at radius 3 is 2.52 bits per heavy atom. The molecular weight excluding hydrogens is 311 g/mol. The molecule has 0 spiro atoms. The Bertz CT molecular complexity index is 549. The summed E-state index contributed by atoms with van der Waals surface area (Å²) in [7, 11) is 0. The molecule has 1 saturated carbocycles. The summed E-state index contributed by atoms with van der Waals surface area (Å²) >= 11 is 12.2. The van der Waals surface area contributed by atoms with Crippen molar-refractivity contribution in [1.29, 1.82) is 0 Å². The third kappa shape index (κ3) is 3.72. The molecule has 0 amide bonds. The predicted octanol–water partition coefficient (Wildman–Crippen LogP) is 5.12. The molecule has 0 heterocycles. The average Bonchev–Trinajstić information content (AvgIpc) is 2.91. The molecule has 0 aromatic heterocycles. The van der Waals surface area contributed by atoms with Crippen LogP contribution in [0, 0.1) is 11.3 Å². The second-order valence-corrected chi connectivity index (χ2v) is 6.43. The Morgan fingerprint density at radius 2 is 1.95 bits per heavy atom. The van der Waals surface area contributed by atoms with E-state index in [4.69, 9.17) is 32.7 Å². The lowest BCUT2D eigenvalue weighted by Gasteiger charge is -2.04. The van der Waals surface area contributed by atoms with Gasteiger partial charge in [0.15, 0.2) is 0 Å². The highest BCUT2D eigenvalue weighted by Gasteiger charge is 2.60. The van der Waals surface area contributed by atoms with E-state index >= 15 is 0 Å². The van der Waals surface area contributed by atoms with E-state index in [1.807, 2.05) is 32.1 Å². The molecule has 0 saturated heterocycles. The minimum Gasteiger partial charge on any atom is -0.435 e. The van der Waals surface area contributed by atoms with Gasteiger partial charge in [0, 0.05) is 21.4 Å². The van der Waals surface area contributed by atoms with Crippen LogP contribution in [0.4, 0.5) is 4.79 Å². The summed E-state index contributed by atoms with van der Waals surface area (Å²) in [6.45, 7) is 6.11. The molecule has 1 aromatic carbocycles. The van der Waals surface area contributed by atoms with Gasteiger partial charge in [0.1, 0.15) is 6.10 Å². The zero-order valence-electron chi connectivity index (χ0n) is 12.2. The Kier molecular flexibility index (Phi) is 4.84. The number of rotatable bonds is 4. The van der Waals surface area contributed by atoms with E-state index in [9.17, 15) is 4.79 Å². The van der Waals surface area contributed by atoms with Gasteiger partial charge in [-0.2, -0.15) is 0 Å². The summed E-state index contributed by atoms with van der Waals surface area (Å²) in [4.78, 5) is 11.4. The smallest absolute Gasteiger partial charge is 0.435 e. The van der Waals surface area contributed by atoms with Crippen LogP contribution in [0.1, 0.15) is 26.3 Å². The second-order valence-electron chi connectivity index (χ2n) is 5.59. The van der Waals surface area contributed by atoms with Gasteiger partial charge in [-0.15, -0.1) is 0 Å². The highest BCUT2D eigenvalue weighted by molar-refractivity contribution is 6.48. The Hall–Kier alpha value is -1.19. The standard InChI is InChI=1S/C16H18Cl2O3/c1-4-20-15(19)21-14-12(16(14,2)3)9-13(18)10-5-7-11(17)8-6-10/h5-9,12,14H,4H2,1-3H3. The van der Waals surface area contributed by atoms with Gasteiger partial charge in [0.2, 0.25) is 0 Å². The zero-order valence-corrected chi connectivity index (χ0v) is 13.7. The number of hydrogen-bond donors (Lipinski definition) is 0. The first-order valence-electron chi connectivity index (χ1n) is 6.83. The quantitative estimate of drug-likeness (QED) is 0.720. The number of carbonyl (C=O) groups is 1. The first-order chi connectivity index (χ1) is 9.86. The SMILES string of the molecule is CCOC(=O)OC1C(C=C(Cl)c2ccc(Cl)cc2)C1(C)C. The molecule has 0 radical (unpaired) electrons. The number of carbonyl (C=O) groups excluding carboxylic acids is 1. The normalized spacial score (nSPS) is 23.6. The third-order valence-corrected chi connectivity index (χ3v) is 4.34. The molecule has 2 rings (SSSR count). The van der Waals surface area contributed by atoms with E-state index in [-0.39, 0.29) is 17.4 Å². The molecule has 3 nitrogen and oxygen atoms in total. The van der Waals surface area contributed by atoms with Crippen molar-refractivity contribution >= 4 is 34.4 Å². The molecule has 114 valence electrons. The van der Waals surface area contributed by atoms with Gasteiger partial charge >= 0.3 is 6.16 Å². The molecular formula is C16H18Cl2O3. The van der Waals surface area contributed by atoms with Gasteiger partial charge in [0.25, 0.3) is 0 Å². The molecule has 2 unspecified atom stereocenters. The number of benzene rings is 1. The minimum atomic E-state index is -0.630. The predicted molar refractivity (Wildman–Crippen MR) is 84.4 cm³/mol. The second kappa shape index (κ2) is 6.29. The van der Waals surface area contributed by atoms with E-state index in [2.05, 4.69) is 0 Å². The first-order valence-corrected chi connectivity index (χ1v) is 7.58. The fourth-order valence-corrected chi connectivity index (χ4v) is 2.66. The van der Waals surface area contributed by atoms with E-state index in [0.29, 0.717) is 16.7 Å². The van der Waals surface area contributed by atoms with Crippen LogP contribution >= 0.6 is 23.2 Å². The van der Waals surface area contributed by atoms with Crippen LogP contribution in [0.2, 0.25) is 5.02 Å². The fraction of sp³-hybridized carbons (Fsp3) is 0.438. The summed E-state index contributed by atoms with van der Waals surface area (Å²) in [5, 5.41) is 1.29. The van der Waals surface area contributed by atoms with Gasteiger partial charge in [-0.05, 0) is 24.6 Å². The average molecular weight is 329 g/mol. The van der Waals surface area contributed by atoms with Gasteiger partial charge < -0.3 is 9.47 Å². The lowest BCUT2D eigenvalue weighted by atomic mass is 10.1. The largest absolute Gasteiger partial charge is 0.508 e. The van der Waals surface area contributed by atoms with Crippen LogP contribution in [0.3, 0.4) is 0 Å². The van der Waals surface area contributed by atoms with E-state index in [1.165, 1.54) is 0 Å². The first kappa shape index (κ1) is 16.2. The topological polar surface area (TPSA) is 35.5 Å². The van der Waals surface area contributed by atoms with Crippen molar-refractivity contribution in [3.63, 3.8) is 0 Å². The van der Waals surface area contributed by atoms with Crippen LogP contribution in [0.15, 0.2) is 30.3 Å². The summed E-state index contributed by atoms with van der Waals surface area (Å²) in [6.07, 6.45) is 1.08. The van der Waals surface area contributed by atoms with Crippen LogP contribution < -0.4 is 0 Å². The molecule has 2 atom stereocenters. The van der Waals surface area contributed by atoms with E-state index < -0.39 is 6.16 Å². The van der Waals surface area contributed by atoms with Crippen LogP contribution in [-0.4, -0.2) is 18.9 Å². The van der Waals surface area contributed by atoms with Crippen molar-refractivity contribution in [1.82, 2.24) is 0 Å². The van der Waals surface area contributed by atoms with Crippen molar-refractivity contribution in [3.8, 4) is 0 Å². The van der Waals surface area contributed by atoms with Gasteiger partial charge in [0.05, 0.1) is 6.61 Å². The Balaban J connectivity index is 2.06. The van der Waals surface area contributed by atoms with Crippen molar-refractivity contribution in [3.05, 3.63) is 40.9 Å². The van der Waals surface area contributed by atoms with Crippen LogP contribution in [0.5, 0.6) is 0 Å². The molecule has 0 aliphatic heterocycles. The molecule has 0 N–H and O–H groups in total. The van der Waals surface area contributed by atoms with E-state index in [1.54, 1.807) is 19.1 Å². The van der Waals surface area contributed by atoms with Crippen LogP contribution in [-0.2, 0) is 9.47 Å². The van der Waals surface area contributed by atoms with Crippen molar-refractivity contribution in [2.45, 2.75) is 26.9 Å². The summed E-state index contributed by atoms with van der Waals surface area (Å²) < 4.78 is 10.1. The molecule has 5 heteroatoms. The zero-order chi connectivity index (χ0) is 15.6. The minimum absolute atomic E-state index is 0.0742. The van der Waals surface area contributed by atoms with E-state index in [0.717, 1.165) is 5.56 Å². The van der Waals surface area contributed by atoms with Crippen molar-refractivity contribution in [2.75, 3.05) is 6.61 Å². The molecule has 1 aromatic rings. The highest BCUT2D eigenvalue weighted by atomic mass is 35.5. The third-order valence-electron chi connectivity index (χ3n) is 3.74. The summed E-state index contributed by atoms with van der Waals surface area (Å²) in [6, 6.07) is 7.30. The molecule has 1 aliphatic carbocycles. The maximum Gasteiger partial charge on any atom is 0.508 e. The summed E-state index contributed by atoms with van der Waals surface area (Å²) in [5.41, 5.74) is 0.748. The number of hydrogen-bond acceptors (Lipinski definition) is 3. The molecule has 21 heavy (non-hydrogen) atoms. The lowest BCUT2D eigenvalue weighted by molar-refractivity contribution is 0.0440. The number of ether oxygens (including phenoxy) is 2. The number of halogens is 2. The monoisotopic (exact) mass is 328 g/mol. The van der Waals surface area contributed by atoms with Gasteiger partial charge in [-0.1, -0.05) is 55.3 Å². The molecule has 0 bridgehead atoms. The lowest BCUT2D eigenvalue weighted by Crippen LogP contribution is -2.11. The maximum absolute atomic E-state index is 11.4. The molecule has 1 aliphatic rings. The van der Waals surface area contributed by atoms with Gasteiger partial charge in [-0.25, -0.2) is 4.79 Å². The summed E-state index contributed by atoms with van der Waals surface area (Å²) in [5.74, 6) is 0.0742. The van der Waals surface area contributed by atoms with Crippen molar-refractivity contribution in [2.24, 2.45) is 11.3 Å². The highest BCUT2D eigenvalue weighted by Crippen LogP contribution is 2.56.